The number of anilines is 2. The molecule has 7 heteroatoms. The Morgan fingerprint density at radius 3 is 2.43 bits per heavy atom. The number of halogens is 1. The number of thioether (sulfide) groups is 1. The van der Waals surface area contributed by atoms with E-state index in [0.29, 0.717) is 23.3 Å². The minimum atomic E-state index is -1.12. The molecule has 5 nitrogen and oxygen atoms in total. The topological polar surface area (TPSA) is 43.9 Å². The van der Waals surface area contributed by atoms with Crippen molar-refractivity contribution in [2.24, 2.45) is 5.92 Å². The van der Waals surface area contributed by atoms with Crippen molar-refractivity contribution >= 4 is 46.6 Å². The van der Waals surface area contributed by atoms with Crippen molar-refractivity contribution in [2.45, 2.75) is 36.3 Å². The molecular formula is C30H30ClN3O2S. The standard InChI is InChI=1S/C30H30ClN3O2S/c1-21-28(35)34(25-11-7-10-24(31)19-25)30(37-21)26-12-5-6-13-27(26)33(29(30)36)20-32-16-14-23(15-17-32)18-22-8-3-2-4-9-22/h2-13,19,21,23H,14-18,20H2,1H3/t21-,30+/m0/s1. The van der Waals surface area contributed by atoms with Gasteiger partial charge in [0, 0.05) is 29.4 Å². The fourth-order valence-corrected chi connectivity index (χ4v) is 7.69. The molecule has 3 aliphatic rings. The van der Waals surface area contributed by atoms with Crippen LogP contribution in [0.2, 0.25) is 5.02 Å². The lowest BCUT2D eigenvalue weighted by molar-refractivity contribution is -0.124. The molecule has 37 heavy (non-hydrogen) atoms. The monoisotopic (exact) mass is 531 g/mol. The first kappa shape index (κ1) is 24.5. The number of likely N-dealkylation sites (tertiary alicyclic amines) is 1. The number of carbonyl (C=O) groups is 2. The van der Waals surface area contributed by atoms with Crippen LogP contribution < -0.4 is 9.80 Å². The number of para-hydroxylation sites is 1. The van der Waals surface area contributed by atoms with Gasteiger partial charge < -0.3 is 0 Å². The van der Waals surface area contributed by atoms with Crippen LogP contribution in [0.4, 0.5) is 11.4 Å². The number of carbonyl (C=O) groups excluding carboxylic acids is 2. The maximum atomic E-state index is 14.4. The summed E-state index contributed by atoms with van der Waals surface area (Å²) in [6, 6.07) is 25.9. The maximum Gasteiger partial charge on any atom is 0.269 e. The lowest BCUT2D eigenvalue weighted by Crippen LogP contribution is -2.52. The van der Waals surface area contributed by atoms with Crippen LogP contribution in [-0.2, 0) is 20.9 Å². The van der Waals surface area contributed by atoms with Crippen molar-refractivity contribution in [3.8, 4) is 0 Å². The van der Waals surface area contributed by atoms with Crippen LogP contribution in [0, 0.1) is 5.92 Å². The van der Waals surface area contributed by atoms with Gasteiger partial charge in [-0.1, -0.05) is 66.2 Å². The van der Waals surface area contributed by atoms with E-state index in [4.69, 9.17) is 11.6 Å². The van der Waals surface area contributed by atoms with Gasteiger partial charge >= 0.3 is 0 Å². The van der Waals surface area contributed by atoms with Crippen molar-refractivity contribution < 1.29 is 9.59 Å². The summed E-state index contributed by atoms with van der Waals surface area (Å²) in [6.07, 6.45) is 3.33. The number of nitrogens with zero attached hydrogens (tertiary/aromatic N) is 3. The molecule has 2 saturated heterocycles. The highest BCUT2D eigenvalue weighted by Crippen LogP contribution is 2.57. The Bertz CT molecular complexity index is 1330. The predicted molar refractivity (Wildman–Crippen MR) is 151 cm³/mol. The summed E-state index contributed by atoms with van der Waals surface area (Å²) in [5.74, 6) is 0.538. The summed E-state index contributed by atoms with van der Waals surface area (Å²) in [5.41, 5.74) is 3.81. The van der Waals surface area contributed by atoms with Crippen LogP contribution in [-0.4, -0.2) is 41.7 Å². The molecule has 190 valence electrons. The minimum absolute atomic E-state index is 0.0530. The predicted octanol–water partition coefficient (Wildman–Crippen LogP) is 5.92. The Kier molecular flexibility index (Phi) is 6.51. The normalized spacial score (nSPS) is 24.3. The molecule has 2 atom stereocenters. The van der Waals surface area contributed by atoms with E-state index >= 15 is 0 Å². The second-order valence-corrected chi connectivity index (χ2v) is 12.2. The Morgan fingerprint density at radius 1 is 0.946 bits per heavy atom. The van der Waals surface area contributed by atoms with E-state index in [1.54, 1.807) is 17.0 Å². The van der Waals surface area contributed by atoms with E-state index in [0.717, 1.165) is 43.6 Å². The van der Waals surface area contributed by atoms with Crippen LogP contribution in [0.25, 0.3) is 0 Å². The van der Waals surface area contributed by atoms with E-state index < -0.39 is 4.87 Å². The molecule has 0 radical (unpaired) electrons. The molecule has 0 N–H and O–H groups in total. The fraction of sp³-hybridized carbons (Fsp3) is 0.333. The third kappa shape index (κ3) is 4.25. The number of amides is 2. The lowest BCUT2D eigenvalue weighted by atomic mass is 9.90. The third-order valence-corrected chi connectivity index (χ3v) is 9.52. The minimum Gasteiger partial charge on any atom is -0.295 e. The molecule has 3 heterocycles. The molecule has 2 amide bonds. The quantitative estimate of drug-likeness (QED) is 0.410. The Morgan fingerprint density at radius 2 is 1.68 bits per heavy atom. The molecule has 0 bridgehead atoms. The number of fused-ring (bicyclic) bond motifs is 2. The van der Waals surface area contributed by atoms with Gasteiger partial charge in [0.05, 0.1) is 17.6 Å². The fourth-order valence-electron chi connectivity index (χ4n) is 5.97. The number of benzene rings is 3. The van der Waals surface area contributed by atoms with Gasteiger partial charge in [-0.2, -0.15) is 0 Å². The van der Waals surface area contributed by atoms with Crippen LogP contribution >= 0.6 is 23.4 Å². The summed E-state index contributed by atoms with van der Waals surface area (Å²) >= 11 is 7.75. The maximum absolute atomic E-state index is 14.4. The average Bonchev–Trinajstić information content (AvgIpc) is 3.31. The van der Waals surface area contributed by atoms with Crippen molar-refractivity contribution in [1.82, 2.24) is 4.90 Å². The first-order chi connectivity index (χ1) is 18.0. The van der Waals surface area contributed by atoms with Gasteiger partial charge in [0.15, 0.2) is 0 Å². The molecule has 3 aromatic carbocycles. The molecule has 0 aromatic heterocycles. The number of rotatable bonds is 5. The molecule has 3 aromatic rings. The first-order valence-corrected chi connectivity index (χ1v) is 14.2. The smallest absolute Gasteiger partial charge is 0.269 e. The zero-order chi connectivity index (χ0) is 25.6. The lowest BCUT2D eigenvalue weighted by Gasteiger charge is -2.36. The van der Waals surface area contributed by atoms with E-state index in [1.165, 1.54) is 17.3 Å². The summed E-state index contributed by atoms with van der Waals surface area (Å²) in [5, 5.41) is 0.198. The molecule has 0 aliphatic carbocycles. The van der Waals surface area contributed by atoms with E-state index in [-0.39, 0.29) is 17.1 Å². The van der Waals surface area contributed by atoms with Gasteiger partial charge in [-0.3, -0.25) is 24.3 Å². The third-order valence-electron chi connectivity index (χ3n) is 7.81. The molecule has 1 spiro atoms. The van der Waals surface area contributed by atoms with Crippen molar-refractivity contribution in [2.75, 3.05) is 29.6 Å². The van der Waals surface area contributed by atoms with Crippen LogP contribution in [0.1, 0.15) is 30.9 Å². The van der Waals surface area contributed by atoms with Crippen molar-refractivity contribution in [3.63, 3.8) is 0 Å². The zero-order valence-corrected chi connectivity index (χ0v) is 22.4. The number of piperidine rings is 1. The first-order valence-electron chi connectivity index (χ1n) is 12.9. The highest BCUT2D eigenvalue weighted by molar-refractivity contribution is 8.03. The molecule has 2 fully saturated rings. The van der Waals surface area contributed by atoms with Gasteiger partial charge in [0.25, 0.3) is 5.91 Å². The molecule has 0 saturated carbocycles. The number of hydrogen-bond acceptors (Lipinski definition) is 4. The Hall–Kier alpha value is -2.80. The summed E-state index contributed by atoms with van der Waals surface area (Å²) in [4.78, 5) is 32.7. The number of hydrogen-bond donors (Lipinski definition) is 0. The largest absolute Gasteiger partial charge is 0.295 e. The second-order valence-electron chi connectivity index (χ2n) is 10.2. The zero-order valence-electron chi connectivity index (χ0n) is 20.8. The summed E-state index contributed by atoms with van der Waals surface area (Å²) in [6.45, 7) is 4.32. The van der Waals surface area contributed by atoms with Gasteiger partial charge in [0.2, 0.25) is 10.8 Å². The van der Waals surface area contributed by atoms with Gasteiger partial charge in [-0.05, 0) is 61.9 Å². The van der Waals surface area contributed by atoms with Crippen molar-refractivity contribution in [1.29, 1.82) is 0 Å². The Balaban J connectivity index is 1.26. The average molecular weight is 532 g/mol. The summed E-state index contributed by atoms with van der Waals surface area (Å²) < 4.78 is 0. The molecule has 3 aliphatic heterocycles. The molecule has 0 unspecified atom stereocenters. The van der Waals surface area contributed by atoms with E-state index in [1.807, 2.05) is 48.2 Å². The van der Waals surface area contributed by atoms with Gasteiger partial charge in [-0.25, -0.2) is 0 Å². The Labute approximate surface area is 227 Å². The molecule has 6 rings (SSSR count). The molecular weight excluding hydrogens is 502 g/mol. The highest BCUT2D eigenvalue weighted by Gasteiger charge is 2.63. The van der Waals surface area contributed by atoms with E-state index in [2.05, 4.69) is 35.2 Å². The van der Waals surface area contributed by atoms with Crippen molar-refractivity contribution in [3.05, 3.63) is 95.0 Å². The SMILES string of the molecule is C[C@@H]1S[C@]2(C(=O)N(CN3CCC(Cc4ccccc4)CC3)c3ccccc32)N(c2cccc(Cl)c2)C1=O. The highest BCUT2D eigenvalue weighted by atomic mass is 35.5. The van der Waals surface area contributed by atoms with Crippen LogP contribution in [0.15, 0.2) is 78.9 Å². The van der Waals surface area contributed by atoms with Crippen LogP contribution in [0.3, 0.4) is 0 Å². The summed E-state index contributed by atoms with van der Waals surface area (Å²) in [7, 11) is 0. The van der Waals surface area contributed by atoms with Gasteiger partial charge in [-0.15, -0.1) is 11.8 Å². The van der Waals surface area contributed by atoms with Gasteiger partial charge in [0.1, 0.15) is 0 Å². The van der Waals surface area contributed by atoms with E-state index in [9.17, 15) is 9.59 Å². The second kappa shape index (κ2) is 9.82. The van der Waals surface area contributed by atoms with Crippen LogP contribution in [0.5, 0.6) is 0 Å².